The van der Waals surface area contributed by atoms with Crippen LogP contribution in [0.1, 0.15) is 22.0 Å². The van der Waals surface area contributed by atoms with Crippen molar-refractivity contribution in [3.05, 3.63) is 47.7 Å². The normalized spacial score (nSPS) is 10.2. The third kappa shape index (κ3) is 2.19. The van der Waals surface area contributed by atoms with Gasteiger partial charge in [-0.2, -0.15) is 0 Å². The van der Waals surface area contributed by atoms with E-state index < -0.39 is 0 Å². The molecule has 2 heterocycles. The monoisotopic (exact) mass is 232 g/mol. The Hall–Kier alpha value is -2.14. The van der Waals surface area contributed by atoms with Crippen molar-refractivity contribution in [1.82, 2.24) is 4.98 Å². The average molecular weight is 232 g/mol. The van der Waals surface area contributed by atoms with Gasteiger partial charge in [-0.05, 0) is 24.3 Å². The van der Waals surface area contributed by atoms with Gasteiger partial charge in [0.15, 0.2) is 11.5 Å². The average Bonchev–Trinajstić information content (AvgIpc) is 2.86. The maximum atomic E-state index is 12.1. The highest BCUT2D eigenvalue weighted by atomic mass is 16.5. The molecule has 2 rings (SSSR count). The Morgan fingerprint density at radius 2 is 2.29 bits per heavy atom. The van der Waals surface area contributed by atoms with E-state index in [2.05, 4.69) is 4.98 Å². The van der Waals surface area contributed by atoms with E-state index in [1.165, 1.54) is 13.3 Å². The minimum atomic E-state index is -0.317. The third-order valence-corrected chi connectivity index (χ3v) is 2.29. The van der Waals surface area contributed by atoms with Crippen LogP contribution in [0.3, 0.4) is 0 Å². The summed E-state index contributed by atoms with van der Waals surface area (Å²) in [6.07, 6.45) is 1.53. The molecule has 5 heteroatoms. The summed E-state index contributed by atoms with van der Waals surface area (Å²) in [6.45, 7) is 0.257. The highest BCUT2D eigenvalue weighted by Gasteiger charge is 2.18. The zero-order chi connectivity index (χ0) is 12.3. The first-order chi connectivity index (χ1) is 8.26. The largest absolute Gasteiger partial charge is 0.494 e. The van der Waals surface area contributed by atoms with Crippen LogP contribution in [0.5, 0.6) is 5.75 Å². The molecule has 0 aliphatic rings. The first-order valence-corrected chi connectivity index (χ1v) is 5.08. The van der Waals surface area contributed by atoms with Gasteiger partial charge in [-0.3, -0.25) is 4.79 Å². The Balaban J connectivity index is 2.36. The van der Waals surface area contributed by atoms with Gasteiger partial charge in [-0.1, -0.05) is 0 Å². The van der Waals surface area contributed by atoms with Crippen LogP contribution in [0, 0.1) is 0 Å². The van der Waals surface area contributed by atoms with Gasteiger partial charge in [-0.25, -0.2) is 4.98 Å². The fourth-order valence-electron chi connectivity index (χ4n) is 1.45. The lowest BCUT2D eigenvalue weighted by Crippen LogP contribution is -2.05. The summed E-state index contributed by atoms with van der Waals surface area (Å²) in [5.41, 5.74) is 5.64. The number of aromatic nitrogens is 1. The van der Waals surface area contributed by atoms with Crippen molar-refractivity contribution >= 4 is 5.78 Å². The highest BCUT2D eigenvalue weighted by molar-refractivity contribution is 6.07. The Kier molecular flexibility index (Phi) is 3.20. The smallest absolute Gasteiger partial charge is 0.250 e. The van der Waals surface area contributed by atoms with Gasteiger partial charge in [0.05, 0.1) is 13.7 Å². The fourth-order valence-corrected chi connectivity index (χ4v) is 1.45. The molecule has 0 aliphatic carbocycles. The van der Waals surface area contributed by atoms with E-state index in [0.29, 0.717) is 11.5 Å². The van der Waals surface area contributed by atoms with E-state index in [1.54, 1.807) is 24.3 Å². The van der Waals surface area contributed by atoms with Crippen molar-refractivity contribution in [3.8, 4) is 5.75 Å². The molecular weight excluding hydrogens is 220 g/mol. The molecule has 0 aromatic carbocycles. The summed E-state index contributed by atoms with van der Waals surface area (Å²) in [5.74, 6) is 0.871. The number of hydrogen-bond acceptors (Lipinski definition) is 5. The molecule has 0 aliphatic heterocycles. The molecule has 0 spiro atoms. The Bertz CT molecular complexity index is 534. The van der Waals surface area contributed by atoms with E-state index in [1.807, 2.05) is 0 Å². The predicted molar refractivity (Wildman–Crippen MR) is 60.8 cm³/mol. The number of pyridine rings is 1. The van der Waals surface area contributed by atoms with Crippen LogP contribution in [0.15, 0.2) is 34.9 Å². The van der Waals surface area contributed by atoms with Gasteiger partial charge in [0, 0.05) is 6.20 Å². The molecule has 0 unspecified atom stereocenters. The van der Waals surface area contributed by atoms with Crippen molar-refractivity contribution in [2.24, 2.45) is 5.73 Å². The standard InChI is InChI=1S/C12H12N2O3/c1-16-9-3-2-6-14-11(9)12(15)10-5-4-8(7-13)17-10/h2-6H,7,13H2,1H3. The van der Waals surface area contributed by atoms with Crippen LogP contribution < -0.4 is 10.5 Å². The van der Waals surface area contributed by atoms with Crippen molar-refractivity contribution in [2.45, 2.75) is 6.54 Å². The van der Waals surface area contributed by atoms with Gasteiger partial charge < -0.3 is 14.9 Å². The van der Waals surface area contributed by atoms with Crippen LogP contribution >= 0.6 is 0 Å². The third-order valence-electron chi connectivity index (χ3n) is 2.29. The molecule has 0 fully saturated rings. The quantitative estimate of drug-likeness (QED) is 0.805. The number of carbonyl (C=O) groups is 1. The van der Waals surface area contributed by atoms with Crippen LogP contribution in [-0.4, -0.2) is 17.9 Å². The van der Waals surface area contributed by atoms with Crippen LogP contribution in [0.25, 0.3) is 0 Å². The van der Waals surface area contributed by atoms with E-state index >= 15 is 0 Å². The second-order valence-corrected chi connectivity index (χ2v) is 3.35. The maximum absolute atomic E-state index is 12.1. The molecule has 0 atom stereocenters. The number of rotatable bonds is 4. The fraction of sp³-hybridized carbons (Fsp3) is 0.167. The molecule has 0 amide bonds. The summed E-state index contributed by atoms with van der Waals surface area (Å²) in [4.78, 5) is 16.1. The highest BCUT2D eigenvalue weighted by Crippen LogP contribution is 2.19. The molecule has 0 radical (unpaired) electrons. The summed E-state index contributed by atoms with van der Waals surface area (Å²) >= 11 is 0. The number of hydrogen-bond donors (Lipinski definition) is 1. The van der Waals surface area contributed by atoms with Crippen LogP contribution in [0.2, 0.25) is 0 Å². The zero-order valence-electron chi connectivity index (χ0n) is 9.34. The van der Waals surface area contributed by atoms with Crippen molar-refractivity contribution in [1.29, 1.82) is 0 Å². The molecular formula is C12H12N2O3. The second kappa shape index (κ2) is 4.80. The molecule has 0 saturated carbocycles. The van der Waals surface area contributed by atoms with Gasteiger partial charge in [-0.15, -0.1) is 0 Å². The first-order valence-electron chi connectivity index (χ1n) is 5.08. The van der Waals surface area contributed by atoms with E-state index in [9.17, 15) is 4.79 Å². The summed E-state index contributed by atoms with van der Waals surface area (Å²) < 4.78 is 10.3. The van der Waals surface area contributed by atoms with Gasteiger partial charge in [0.1, 0.15) is 11.5 Å². The number of ketones is 1. The number of ether oxygens (including phenoxy) is 1. The molecule has 2 aromatic heterocycles. The van der Waals surface area contributed by atoms with Gasteiger partial charge in [0.25, 0.3) is 0 Å². The molecule has 88 valence electrons. The minimum Gasteiger partial charge on any atom is -0.494 e. The number of nitrogens with zero attached hydrogens (tertiary/aromatic N) is 1. The molecule has 0 saturated heterocycles. The number of nitrogens with two attached hydrogens (primary N) is 1. The maximum Gasteiger partial charge on any atom is 0.250 e. The molecule has 2 aromatic rings. The number of carbonyl (C=O) groups excluding carboxylic acids is 1. The first kappa shape index (κ1) is 11.3. The Morgan fingerprint density at radius 1 is 1.47 bits per heavy atom. The number of furan rings is 1. The van der Waals surface area contributed by atoms with Crippen LogP contribution in [0.4, 0.5) is 0 Å². The molecule has 5 nitrogen and oxygen atoms in total. The molecule has 0 bridgehead atoms. The Morgan fingerprint density at radius 3 is 2.94 bits per heavy atom. The predicted octanol–water partition coefficient (Wildman–Crippen LogP) is 1.37. The van der Waals surface area contributed by atoms with Crippen molar-refractivity contribution in [2.75, 3.05) is 7.11 Å². The van der Waals surface area contributed by atoms with Gasteiger partial charge >= 0.3 is 0 Å². The minimum absolute atomic E-state index is 0.211. The van der Waals surface area contributed by atoms with Gasteiger partial charge in [0.2, 0.25) is 5.78 Å². The molecule has 2 N–H and O–H groups in total. The SMILES string of the molecule is COc1cccnc1C(=O)c1ccc(CN)o1. The topological polar surface area (TPSA) is 78.3 Å². The van der Waals surface area contributed by atoms with Crippen molar-refractivity contribution < 1.29 is 13.9 Å². The van der Waals surface area contributed by atoms with E-state index in [-0.39, 0.29) is 23.8 Å². The Labute approximate surface area is 98.2 Å². The molecule has 17 heavy (non-hydrogen) atoms. The van der Waals surface area contributed by atoms with Crippen LogP contribution in [-0.2, 0) is 6.54 Å². The van der Waals surface area contributed by atoms with E-state index in [4.69, 9.17) is 14.9 Å². The summed E-state index contributed by atoms with van der Waals surface area (Å²) in [6, 6.07) is 6.62. The lowest BCUT2D eigenvalue weighted by Gasteiger charge is -2.03. The zero-order valence-corrected chi connectivity index (χ0v) is 9.34. The lowest BCUT2D eigenvalue weighted by atomic mass is 10.2. The second-order valence-electron chi connectivity index (χ2n) is 3.35. The summed E-state index contributed by atoms with van der Waals surface area (Å²) in [5, 5.41) is 0. The number of methoxy groups -OCH3 is 1. The van der Waals surface area contributed by atoms with Crippen molar-refractivity contribution in [3.63, 3.8) is 0 Å². The lowest BCUT2D eigenvalue weighted by molar-refractivity contribution is 0.0999. The summed E-state index contributed by atoms with van der Waals surface area (Å²) in [7, 11) is 1.49. The van der Waals surface area contributed by atoms with E-state index in [0.717, 1.165) is 0 Å².